The molecule has 184 valence electrons. The summed E-state index contributed by atoms with van der Waals surface area (Å²) < 4.78 is 7.52. The summed E-state index contributed by atoms with van der Waals surface area (Å²) >= 11 is 3.49. The van der Waals surface area contributed by atoms with Crippen molar-refractivity contribution in [3.8, 4) is 11.5 Å². The number of likely N-dealkylation sites (tertiary alicyclic amines) is 1. The Morgan fingerprint density at radius 3 is 2.94 bits per heavy atom. The summed E-state index contributed by atoms with van der Waals surface area (Å²) in [5.74, 6) is 0.639. The fourth-order valence-corrected chi connectivity index (χ4v) is 7.96. The molecule has 0 radical (unpaired) electrons. The van der Waals surface area contributed by atoms with E-state index < -0.39 is 17.1 Å². The number of aromatic hydroxyl groups is 1. The summed E-state index contributed by atoms with van der Waals surface area (Å²) in [6.07, 6.45) is 4.45. The summed E-state index contributed by atoms with van der Waals surface area (Å²) in [6, 6.07) is 11.3. The van der Waals surface area contributed by atoms with Crippen LogP contribution in [0.15, 0.2) is 53.5 Å². The number of carbonyl (C=O) groups excluding carboxylic acids is 1. The molecule has 1 saturated heterocycles. The predicted molar refractivity (Wildman–Crippen MR) is 137 cm³/mol. The second-order valence-electron chi connectivity index (χ2n) is 10.6. The van der Waals surface area contributed by atoms with E-state index in [0.717, 1.165) is 34.3 Å². The number of ether oxygens (including phenoxy) is 1. The number of phenolic OH excluding ortho intramolecular Hbond substituents is 1. The van der Waals surface area contributed by atoms with Crippen LogP contribution in [0.25, 0.3) is 0 Å². The number of rotatable bonds is 5. The summed E-state index contributed by atoms with van der Waals surface area (Å²) in [5.41, 5.74) is 1.41. The zero-order valence-corrected chi connectivity index (χ0v) is 21.5. The summed E-state index contributed by atoms with van der Waals surface area (Å²) in [6.45, 7) is 5.47. The smallest absolute Gasteiger partial charge is 0.227 e. The Balaban J connectivity index is 1.40. The van der Waals surface area contributed by atoms with Crippen molar-refractivity contribution in [2.75, 3.05) is 20.1 Å². The molecule has 2 bridgehead atoms. The second kappa shape index (κ2) is 8.08. The Kier molecular flexibility index (Phi) is 5.33. The van der Waals surface area contributed by atoms with Crippen molar-refractivity contribution in [3.63, 3.8) is 0 Å². The van der Waals surface area contributed by atoms with Crippen LogP contribution in [0.2, 0.25) is 0 Å². The molecule has 6 nitrogen and oxygen atoms in total. The summed E-state index contributed by atoms with van der Waals surface area (Å²) in [4.78, 5) is 17.6. The number of nitrogens with zero attached hydrogens (tertiary/aromatic N) is 2. The van der Waals surface area contributed by atoms with Gasteiger partial charge in [-0.1, -0.05) is 40.2 Å². The molecule has 2 aromatic rings. The van der Waals surface area contributed by atoms with Gasteiger partial charge in [-0.2, -0.15) is 0 Å². The number of halogens is 1. The molecular weight excluding hydrogens is 508 g/mol. The molecule has 2 fully saturated rings. The van der Waals surface area contributed by atoms with Gasteiger partial charge in [-0.3, -0.25) is 9.69 Å². The molecule has 1 amide bonds. The minimum Gasteiger partial charge on any atom is -0.504 e. The maximum absolute atomic E-state index is 13.4. The van der Waals surface area contributed by atoms with Gasteiger partial charge in [0.05, 0.1) is 23.5 Å². The number of hydrogen-bond acceptors (Lipinski definition) is 5. The SMILES string of the molecule is C=CCN1CC[C@]23c4c5ccc(O)c4OC2C(N(C)C(=O)Cc2cccc(Br)c2)CC[C@@]3(O)[C@H]1C5. The van der Waals surface area contributed by atoms with E-state index in [9.17, 15) is 15.0 Å². The maximum atomic E-state index is 13.4. The van der Waals surface area contributed by atoms with Crippen LogP contribution >= 0.6 is 15.9 Å². The fourth-order valence-electron chi connectivity index (χ4n) is 7.52. The molecule has 2 unspecified atom stereocenters. The average Bonchev–Trinajstić information content (AvgIpc) is 3.18. The summed E-state index contributed by atoms with van der Waals surface area (Å²) in [5, 5.41) is 23.2. The standard InChI is InChI=1S/C28H31BrN2O4/c1-3-12-31-13-11-27-24-18-7-8-21(32)25(24)35-26(27)20(9-10-28(27,34)22(31)16-18)30(2)23(33)15-17-5-4-6-19(29)14-17/h3-8,14,20,22,26,32,34H,1,9-13,15-16H2,2H3/t20?,22-,26?,27+,28-/m1/s1. The number of carbonyl (C=O) groups is 1. The van der Waals surface area contributed by atoms with Gasteiger partial charge in [-0.25, -0.2) is 0 Å². The van der Waals surface area contributed by atoms with E-state index in [4.69, 9.17) is 4.74 Å². The highest BCUT2D eigenvalue weighted by Gasteiger charge is 2.73. The van der Waals surface area contributed by atoms with Gasteiger partial charge >= 0.3 is 0 Å². The van der Waals surface area contributed by atoms with Crippen LogP contribution in [0.3, 0.4) is 0 Å². The Hall–Kier alpha value is -2.35. The molecule has 2 aromatic carbocycles. The largest absolute Gasteiger partial charge is 0.504 e. The van der Waals surface area contributed by atoms with Gasteiger partial charge in [0.2, 0.25) is 5.91 Å². The molecule has 2 heterocycles. The van der Waals surface area contributed by atoms with Gasteiger partial charge in [0.1, 0.15) is 6.10 Å². The van der Waals surface area contributed by atoms with Crippen molar-refractivity contribution in [2.45, 2.75) is 61.3 Å². The first-order valence-electron chi connectivity index (χ1n) is 12.4. The zero-order chi connectivity index (χ0) is 24.5. The van der Waals surface area contributed by atoms with Crippen molar-refractivity contribution in [2.24, 2.45) is 0 Å². The molecule has 5 atom stereocenters. The number of phenols is 1. The lowest BCUT2D eigenvalue weighted by atomic mass is 9.48. The fraction of sp³-hybridized carbons (Fsp3) is 0.464. The van der Waals surface area contributed by atoms with E-state index in [-0.39, 0.29) is 23.7 Å². The van der Waals surface area contributed by atoms with Crippen LogP contribution in [-0.4, -0.2) is 69.8 Å². The third-order valence-electron chi connectivity index (χ3n) is 9.04. The van der Waals surface area contributed by atoms with Gasteiger partial charge in [0, 0.05) is 29.7 Å². The third kappa shape index (κ3) is 3.11. The number of likely N-dealkylation sites (N-methyl/N-ethyl adjacent to an activating group) is 1. The quantitative estimate of drug-likeness (QED) is 0.569. The first kappa shape index (κ1) is 23.1. The van der Waals surface area contributed by atoms with Crippen molar-refractivity contribution >= 4 is 21.8 Å². The molecule has 1 saturated carbocycles. The Labute approximate surface area is 214 Å². The highest BCUT2D eigenvalue weighted by molar-refractivity contribution is 9.10. The topological polar surface area (TPSA) is 73.2 Å². The molecule has 7 heteroatoms. The van der Waals surface area contributed by atoms with Crippen LogP contribution in [0.4, 0.5) is 0 Å². The van der Waals surface area contributed by atoms with Crippen molar-refractivity contribution < 1.29 is 19.7 Å². The zero-order valence-electron chi connectivity index (χ0n) is 19.9. The minimum atomic E-state index is -0.990. The van der Waals surface area contributed by atoms with Crippen molar-refractivity contribution in [1.82, 2.24) is 9.80 Å². The van der Waals surface area contributed by atoms with Gasteiger partial charge in [0.25, 0.3) is 0 Å². The molecule has 6 rings (SSSR count). The second-order valence-corrected chi connectivity index (χ2v) is 11.5. The molecule has 4 aliphatic rings. The number of aliphatic hydroxyl groups is 1. The van der Waals surface area contributed by atoms with Crippen molar-refractivity contribution in [1.29, 1.82) is 0 Å². The van der Waals surface area contributed by atoms with Crippen LogP contribution in [0.1, 0.15) is 36.0 Å². The Bertz CT molecular complexity index is 1220. The van der Waals surface area contributed by atoms with Gasteiger partial charge in [-0.05, 0) is 61.6 Å². The number of piperidine rings is 1. The van der Waals surface area contributed by atoms with E-state index in [2.05, 4.69) is 27.4 Å². The summed E-state index contributed by atoms with van der Waals surface area (Å²) in [7, 11) is 1.85. The molecule has 0 aromatic heterocycles. The number of benzene rings is 2. The molecular formula is C28H31BrN2O4. The van der Waals surface area contributed by atoms with Crippen LogP contribution < -0.4 is 4.74 Å². The average molecular weight is 539 g/mol. The lowest BCUT2D eigenvalue weighted by Gasteiger charge is -2.64. The highest BCUT2D eigenvalue weighted by atomic mass is 79.9. The van der Waals surface area contributed by atoms with E-state index in [1.807, 2.05) is 48.4 Å². The Morgan fingerprint density at radius 1 is 1.34 bits per heavy atom. The normalized spacial score (nSPS) is 32.5. The molecule has 35 heavy (non-hydrogen) atoms. The van der Waals surface area contributed by atoms with Gasteiger partial charge in [0.15, 0.2) is 11.5 Å². The molecule has 2 N–H and O–H groups in total. The monoisotopic (exact) mass is 538 g/mol. The first-order valence-corrected chi connectivity index (χ1v) is 13.2. The van der Waals surface area contributed by atoms with Crippen LogP contribution in [-0.2, 0) is 23.1 Å². The third-order valence-corrected chi connectivity index (χ3v) is 9.53. The van der Waals surface area contributed by atoms with E-state index in [0.29, 0.717) is 37.9 Å². The maximum Gasteiger partial charge on any atom is 0.227 e. The van der Waals surface area contributed by atoms with E-state index >= 15 is 0 Å². The minimum absolute atomic E-state index is 0.0235. The van der Waals surface area contributed by atoms with Crippen molar-refractivity contribution in [3.05, 3.63) is 70.2 Å². The lowest BCUT2D eigenvalue weighted by Crippen LogP contribution is -2.78. The number of hydrogen-bond donors (Lipinski definition) is 2. The van der Waals surface area contributed by atoms with Gasteiger partial charge < -0.3 is 19.8 Å². The molecule has 2 aliphatic carbocycles. The number of amides is 1. The van der Waals surface area contributed by atoms with E-state index in [1.165, 1.54) is 0 Å². The first-order chi connectivity index (χ1) is 16.8. The lowest BCUT2D eigenvalue weighted by molar-refractivity contribution is -0.198. The van der Waals surface area contributed by atoms with E-state index in [1.54, 1.807) is 6.07 Å². The highest BCUT2D eigenvalue weighted by Crippen LogP contribution is 2.65. The van der Waals surface area contributed by atoms with Crippen LogP contribution in [0.5, 0.6) is 11.5 Å². The molecule has 2 aliphatic heterocycles. The van der Waals surface area contributed by atoms with Gasteiger partial charge in [-0.15, -0.1) is 6.58 Å². The Morgan fingerprint density at radius 2 is 2.17 bits per heavy atom. The molecule has 1 spiro atoms. The van der Waals surface area contributed by atoms with Crippen LogP contribution in [0, 0.1) is 0 Å². The predicted octanol–water partition coefficient (Wildman–Crippen LogP) is 3.56.